The van der Waals surface area contributed by atoms with Crippen LogP contribution in [0.25, 0.3) is 0 Å². The largest absolute Gasteiger partial charge is 0.248 e. The highest BCUT2D eigenvalue weighted by Crippen LogP contribution is 2.38. The van der Waals surface area contributed by atoms with E-state index in [0.29, 0.717) is 5.41 Å². The lowest BCUT2D eigenvalue weighted by molar-refractivity contribution is 0.155. The quantitative estimate of drug-likeness (QED) is 0.548. The van der Waals surface area contributed by atoms with Crippen LogP contribution in [0.1, 0.15) is 39.5 Å². The smallest absolute Gasteiger partial charge is 0.0201 e. The molecule has 1 nitrogen and oxygen atoms in total. The van der Waals surface area contributed by atoms with Crippen LogP contribution < -0.4 is 0 Å². The van der Waals surface area contributed by atoms with Crippen LogP contribution in [0, 0.1) is 5.41 Å². The summed E-state index contributed by atoms with van der Waals surface area (Å²) in [7, 11) is 0. The van der Waals surface area contributed by atoms with Crippen molar-refractivity contribution >= 4 is 22.9 Å². The SMILES string of the molecule is CCC1(CC)CCN(I)CC1. The lowest BCUT2D eigenvalue weighted by atomic mass is 9.75. The van der Waals surface area contributed by atoms with Gasteiger partial charge < -0.3 is 0 Å². The molecule has 11 heavy (non-hydrogen) atoms. The minimum Gasteiger partial charge on any atom is -0.248 e. The zero-order valence-electron chi connectivity index (χ0n) is 7.57. The van der Waals surface area contributed by atoms with Crippen molar-refractivity contribution in [2.75, 3.05) is 13.1 Å². The fraction of sp³-hybridized carbons (Fsp3) is 1.00. The Kier molecular flexibility index (Phi) is 3.62. The summed E-state index contributed by atoms with van der Waals surface area (Å²) in [5, 5.41) is 0. The summed E-state index contributed by atoms with van der Waals surface area (Å²) in [6, 6.07) is 0. The van der Waals surface area contributed by atoms with Gasteiger partial charge in [-0.05, 0) is 18.3 Å². The Labute approximate surface area is 84.0 Å². The minimum absolute atomic E-state index is 0.696. The van der Waals surface area contributed by atoms with Crippen molar-refractivity contribution in [3.05, 3.63) is 0 Å². The van der Waals surface area contributed by atoms with Gasteiger partial charge >= 0.3 is 0 Å². The highest BCUT2D eigenvalue weighted by Gasteiger charge is 2.30. The molecule has 0 aromatic carbocycles. The van der Waals surface area contributed by atoms with Crippen LogP contribution in [0.3, 0.4) is 0 Å². The Bertz CT molecular complexity index is 111. The first-order chi connectivity index (χ1) is 5.22. The number of nitrogens with zero attached hydrogens (tertiary/aromatic N) is 1. The summed E-state index contributed by atoms with van der Waals surface area (Å²) in [5.41, 5.74) is 0.696. The molecule has 0 aromatic heterocycles. The molecule has 1 aliphatic heterocycles. The van der Waals surface area contributed by atoms with E-state index in [4.69, 9.17) is 0 Å². The maximum atomic E-state index is 2.44. The lowest BCUT2D eigenvalue weighted by Gasteiger charge is -2.38. The molecule has 0 N–H and O–H groups in total. The summed E-state index contributed by atoms with van der Waals surface area (Å²) in [4.78, 5) is 0. The molecule has 1 heterocycles. The Morgan fingerprint density at radius 2 is 1.64 bits per heavy atom. The van der Waals surface area contributed by atoms with Crippen LogP contribution in [0.4, 0.5) is 0 Å². The van der Waals surface area contributed by atoms with Crippen LogP contribution >= 0.6 is 22.9 Å². The van der Waals surface area contributed by atoms with Crippen LogP contribution in [-0.2, 0) is 0 Å². The van der Waals surface area contributed by atoms with Crippen molar-refractivity contribution in [3.63, 3.8) is 0 Å². The molecule has 0 aromatic rings. The summed E-state index contributed by atoms with van der Waals surface area (Å²) in [6.07, 6.45) is 5.55. The van der Waals surface area contributed by atoms with Crippen molar-refractivity contribution < 1.29 is 0 Å². The minimum atomic E-state index is 0.696. The van der Waals surface area contributed by atoms with E-state index in [1.165, 1.54) is 38.8 Å². The highest BCUT2D eigenvalue weighted by atomic mass is 127. The molecule has 0 atom stereocenters. The molecule has 66 valence electrons. The molecule has 1 fully saturated rings. The number of halogens is 1. The maximum Gasteiger partial charge on any atom is 0.0201 e. The van der Waals surface area contributed by atoms with Crippen LogP contribution in [0.15, 0.2) is 0 Å². The molecule has 0 saturated carbocycles. The van der Waals surface area contributed by atoms with E-state index in [-0.39, 0.29) is 0 Å². The molecule has 0 unspecified atom stereocenters. The molecule has 2 heteroatoms. The number of hydrogen-bond acceptors (Lipinski definition) is 1. The Morgan fingerprint density at radius 3 is 2.00 bits per heavy atom. The second-order valence-electron chi connectivity index (χ2n) is 3.62. The molecule has 1 rings (SSSR count). The van der Waals surface area contributed by atoms with E-state index in [0.717, 1.165) is 0 Å². The van der Waals surface area contributed by atoms with E-state index >= 15 is 0 Å². The van der Waals surface area contributed by atoms with Crippen molar-refractivity contribution in [1.82, 2.24) is 3.11 Å². The summed E-state index contributed by atoms with van der Waals surface area (Å²) < 4.78 is 2.42. The van der Waals surface area contributed by atoms with Gasteiger partial charge in [0, 0.05) is 36.0 Å². The Morgan fingerprint density at radius 1 is 1.18 bits per heavy atom. The molecule has 0 aliphatic carbocycles. The summed E-state index contributed by atoms with van der Waals surface area (Å²) in [6.45, 7) is 7.27. The maximum absolute atomic E-state index is 2.44. The predicted octanol–water partition coefficient (Wildman–Crippen LogP) is 3.24. The normalized spacial score (nSPS) is 25.4. The van der Waals surface area contributed by atoms with E-state index in [2.05, 4.69) is 39.8 Å². The first-order valence-corrected chi connectivity index (χ1v) is 5.59. The van der Waals surface area contributed by atoms with E-state index in [9.17, 15) is 0 Å². The number of hydrogen-bond donors (Lipinski definition) is 0. The zero-order chi connectivity index (χ0) is 8.32. The fourth-order valence-corrected chi connectivity index (χ4v) is 2.39. The zero-order valence-corrected chi connectivity index (χ0v) is 9.73. The van der Waals surface area contributed by atoms with Gasteiger partial charge in [-0.25, -0.2) is 3.11 Å². The molecule has 0 spiro atoms. The van der Waals surface area contributed by atoms with Gasteiger partial charge in [0.25, 0.3) is 0 Å². The number of piperidine rings is 1. The van der Waals surface area contributed by atoms with Crippen molar-refractivity contribution in [3.8, 4) is 0 Å². The van der Waals surface area contributed by atoms with Gasteiger partial charge in [-0.3, -0.25) is 0 Å². The predicted molar refractivity (Wildman–Crippen MR) is 57.8 cm³/mol. The first kappa shape index (κ1) is 9.78. The second-order valence-corrected chi connectivity index (χ2v) is 4.98. The Hall–Kier alpha value is 0.690. The van der Waals surface area contributed by atoms with Crippen molar-refractivity contribution in [2.45, 2.75) is 39.5 Å². The topological polar surface area (TPSA) is 3.24 Å². The van der Waals surface area contributed by atoms with E-state index < -0.39 is 0 Å². The molecular formula is C9H18IN. The standard InChI is InChI=1S/C9H18IN/c1-3-9(4-2)5-7-11(10)8-6-9/h3-8H2,1-2H3. The monoisotopic (exact) mass is 267 g/mol. The van der Waals surface area contributed by atoms with Crippen LogP contribution in [0.2, 0.25) is 0 Å². The van der Waals surface area contributed by atoms with Gasteiger partial charge in [-0.2, -0.15) is 0 Å². The van der Waals surface area contributed by atoms with Gasteiger partial charge in [-0.1, -0.05) is 26.7 Å². The molecule has 0 radical (unpaired) electrons. The van der Waals surface area contributed by atoms with E-state index in [1.54, 1.807) is 0 Å². The van der Waals surface area contributed by atoms with Gasteiger partial charge in [0.1, 0.15) is 0 Å². The highest BCUT2D eigenvalue weighted by molar-refractivity contribution is 14.1. The van der Waals surface area contributed by atoms with Gasteiger partial charge in [0.15, 0.2) is 0 Å². The third-order valence-electron chi connectivity index (χ3n) is 3.27. The Balaban J connectivity index is 2.45. The van der Waals surface area contributed by atoms with Crippen LogP contribution in [0.5, 0.6) is 0 Å². The molecule has 1 aliphatic rings. The molecular weight excluding hydrogens is 249 g/mol. The van der Waals surface area contributed by atoms with Crippen LogP contribution in [-0.4, -0.2) is 16.2 Å². The average molecular weight is 267 g/mol. The third-order valence-corrected chi connectivity index (χ3v) is 4.23. The molecule has 0 amide bonds. The lowest BCUT2D eigenvalue weighted by Crippen LogP contribution is -2.34. The molecule has 1 saturated heterocycles. The van der Waals surface area contributed by atoms with Gasteiger partial charge in [0.05, 0.1) is 0 Å². The molecule has 0 bridgehead atoms. The average Bonchev–Trinajstić information content (AvgIpc) is 2.07. The second kappa shape index (κ2) is 4.08. The number of rotatable bonds is 2. The third kappa shape index (κ3) is 2.31. The first-order valence-electron chi connectivity index (χ1n) is 4.63. The fourth-order valence-electron chi connectivity index (χ4n) is 1.91. The van der Waals surface area contributed by atoms with Crippen molar-refractivity contribution in [2.24, 2.45) is 5.41 Å². The van der Waals surface area contributed by atoms with Crippen molar-refractivity contribution in [1.29, 1.82) is 0 Å². The van der Waals surface area contributed by atoms with E-state index in [1.807, 2.05) is 0 Å². The van der Waals surface area contributed by atoms with Gasteiger partial charge in [0.2, 0.25) is 0 Å². The summed E-state index contributed by atoms with van der Waals surface area (Å²) >= 11 is 2.44. The van der Waals surface area contributed by atoms with Gasteiger partial charge in [-0.15, -0.1) is 0 Å². The summed E-state index contributed by atoms with van der Waals surface area (Å²) in [5.74, 6) is 0.